The second kappa shape index (κ2) is 8.21. The Morgan fingerprint density at radius 3 is 2.82 bits per heavy atom. The van der Waals surface area contributed by atoms with Crippen LogP contribution in [0.5, 0.6) is 0 Å². The van der Waals surface area contributed by atoms with Gasteiger partial charge in [-0.25, -0.2) is 9.97 Å². The van der Waals surface area contributed by atoms with Gasteiger partial charge in [0, 0.05) is 34.8 Å². The number of benzene rings is 2. The summed E-state index contributed by atoms with van der Waals surface area (Å²) in [6.45, 7) is 0. The Morgan fingerprint density at radius 1 is 0.941 bits per heavy atom. The minimum absolute atomic E-state index is 0.145. The first-order chi connectivity index (χ1) is 16.7. The maximum absolute atomic E-state index is 12.7. The van der Waals surface area contributed by atoms with E-state index in [-0.39, 0.29) is 5.91 Å². The molecule has 0 saturated carbocycles. The molecule has 1 aliphatic carbocycles. The van der Waals surface area contributed by atoms with Crippen LogP contribution >= 0.6 is 0 Å². The topological polar surface area (TPSA) is 121 Å². The van der Waals surface area contributed by atoms with Gasteiger partial charge in [0.25, 0.3) is 5.91 Å². The lowest BCUT2D eigenvalue weighted by molar-refractivity contribution is -0.112. The lowest BCUT2D eigenvalue weighted by Gasteiger charge is -2.08. The molecule has 9 nitrogen and oxygen atoms in total. The van der Waals surface area contributed by atoms with Crippen molar-refractivity contribution >= 4 is 40.2 Å². The minimum atomic E-state index is -0.145. The smallest absolute Gasteiger partial charge is 0.251 e. The fourth-order valence-electron chi connectivity index (χ4n) is 3.95. The molecular formula is C25H18N8O. The number of nitrogens with one attached hydrogen (secondary N) is 3. The van der Waals surface area contributed by atoms with Crippen LogP contribution in [0.1, 0.15) is 11.1 Å². The molecule has 5 aromatic rings. The monoisotopic (exact) mass is 446 g/mol. The van der Waals surface area contributed by atoms with E-state index in [4.69, 9.17) is 0 Å². The number of carbonyl (C=O) groups excluding carboxylic acids is 1. The van der Waals surface area contributed by atoms with Gasteiger partial charge >= 0.3 is 0 Å². The van der Waals surface area contributed by atoms with Gasteiger partial charge in [0.05, 0.1) is 35.5 Å². The van der Waals surface area contributed by atoms with E-state index in [1.54, 1.807) is 24.7 Å². The van der Waals surface area contributed by atoms with Crippen LogP contribution < -0.4 is 10.6 Å². The Bertz CT molecular complexity index is 1560. The van der Waals surface area contributed by atoms with E-state index < -0.39 is 0 Å². The zero-order valence-electron chi connectivity index (χ0n) is 17.9. The molecule has 0 saturated heterocycles. The maximum Gasteiger partial charge on any atom is 0.251 e. The van der Waals surface area contributed by atoms with E-state index in [9.17, 15) is 4.79 Å². The average Bonchev–Trinajstić information content (AvgIpc) is 3.51. The molecule has 34 heavy (non-hydrogen) atoms. The molecule has 0 atom stereocenters. The molecule has 3 heterocycles. The van der Waals surface area contributed by atoms with Crippen LogP contribution in [0.15, 0.2) is 78.9 Å². The second-order valence-electron chi connectivity index (χ2n) is 7.91. The second-order valence-corrected chi connectivity index (χ2v) is 7.91. The minimum Gasteiger partial charge on any atom is -0.324 e. The third-order valence-corrected chi connectivity index (χ3v) is 5.64. The third kappa shape index (κ3) is 3.86. The number of amides is 1. The van der Waals surface area contributed by atoms with Gasteiger partial charge in [-0.2, -0.15) is 15.3 Å². The molecule has 0 fully saturated rings. The summed E-state index contributed by atoms with van der Waals surface area (Å²) in [4.78, 5) is 21.7. The summed E-state index contributed by atoms with van der Waals surface area (Å²) in [5.74, 6) is 0.356. The predicted molar refractivity (Wildman–Crippen MR) is 129 cm³/mol. The van der Waals surface area contributed by atoms with Crippen LogP contribution in [0.4, 0.5) is 17.3 Å². The van der Waals surface area contributed by atoms with Crippen molar-refractivity contribution in [2.24, 2.45) is 0 Å². The molecule has 164 valence electrons. The van der Waals surface area contributed by atoms with Crippen LogP contribution in [0.3, 0.4) is 0 Å². The number of fused-ring (bicyclic) bond motifs is 2. The zero-order valence-corrected chi connectivity index (χ0v) is 17.9. The number of aromatic amines is 1. The molecule has 0 unspecified atom stereocenters. The van der Waals surface area contributed by atoms with Crippen molar-refractivity contribution in [1.29, 1.82) is 0 Å². The van der Waals surface area contributed by atoms with Gasteiger partial charge in [-0.3, -0.25) is 9.89 Å². The first-order valence-electron chi connectivity index (χ1n) is 10.7. The summed E-state index contributed by atoms with van der Waals surface area (Å²) >= 11 is 0. The summed E-state index contributed by atoms with van der Waals surface area (Å²) in [6, 6.07) is 15.6. The fraction of sp³-hybridized carbons (Fsp3) is 0.0400. The van der Waals surface area contributed by atoms with Crippen LogP contribution in [-0.2, 0) is 11.2 Å². The summed E-state index contributed by atoms with van der Waals surface area (Å²) in [5, 5.41) is 21.7. The number of hydrogen-bond acceptors (Lipinski definition) is 7. The number of H-pyrrole nitrogens is 1. The lowest BCUT2D eigenvalue weighted by atomic mass is 10.0. The lowest BCUT2D eigenvalue weighted by Crippen LogP contribution is -2.14. The van der Waals surface area contributed by atoms with Gasteiger partial charge < -0.3 is 10.6 Å². The molecule has 0 spiro atoms. The van der Waals surface area contributed by atoms with Gasteiger partial charge in [0.1, 0.15) is 0 Å². The standard InChI is InChI=1S/C25H18N8O/c34-24(30-21-5-8-27-28-14-21)19-9-15-1-2-16(10-18(15)11-19)22-6-7-26-25(32-22)31-20-4-3-17-13-29-33-23(17)12-20/h1-10,12-14H,11H2,(H,29,33)(H,26,31,32)(H,27,30,34). The third-order valence-electron chi connectivity index (χ3n) is 5.64. The van der Waals surface area contributed by atoms with Crippen molar-refractivity contribution in [2.45, 2.75) is 6.42 Å². The molecule has 2 aromatic carbocycles. The number of hydrogen-bond donors (Lipinski definition) is 3. The number of rotatable bonds is 5. The molecule has 0 aliphatic heterocycles. The Labute approximate surface area is 194 Å². The van der Waals surface area contributed by atoms with Crippen molar-refractivity contribution in [3.8, 4) is 11.3 Å². The molecule has 0 bridgehead atoms. The van der Waals surface area contributed by atoms with Crippen LogP contribution in [-0.4, -0.2) is 36.3 Å². The Hall–Kier alpha value is -4.92. The van der Waals surface area contributed by atoms with E-state index in [1.807, 2.05) is 42.5 Å². The van der Waals surface area contributed by atoms with Crippen LogP contribution in [0.25, 0.3) is 28.2 Å². The molecule has 0 radical (unpaired) electrons. The summed E-state index contributed by atoms with van der Waals surface area (Å²) in [5.41, 5.74) is 6.98. The van der Waals surface area contributed by atoms with Crippen molar-refractivity contribution < 1.29 is 4.79 Å². The Balaban J connectivity index is 1.19. The van der Waals surface area contributed by atoms with Gasteiger partial charge in [0.15, 0.2) is 0 Å². The van der Waals surface area contributed by atoms with E-state index >= 15 is 0 Å². The predicted octanol–water partition coefficient (Wildman–Crippen LogP) is 4.13. The molecule has 3 aromatic heterocycles. The van der Waals surface area contributed by atoms with E-state index in [1.165, 1.54) is 6.20 Å². The quantitative estimate of drug-likeness (QED) is 0.371. The van der Waals surface area contributed by atoms with Crippen LogP contribution in [0, 0.1) is 0 Å². The molecule has 6 rings (SSSR count). The highest BCUT2D eigenvalue weighted by atomic mass is 16.1. The van der Waals surface area contributed by atoms with Crippen molar-refractivity contribution in [2.75, 3.05) is 10.6 Å². The number of carbonyl (C=O) groups is 1. The first kappa shape index (κ1) is 19.7. The molecule has 3 N–H and O–H groups in total. The van der Waals surface area contributed by atoms with Crippen molar-refractivity contribution in [1.82, 2.24) is 30.4 Å². The molecule has 9 heteroatoms. The van der Waals surface area contributed by atoms with Gasteiger partial charge in [-0.05, 0) is 53.6 Å². The number of aromatic nitrogens is 6. The summed E-state index contributed by atoms with van der Waals surface area (Å²) in [6.07, 6.45) is 9.04. The SMILES string of the molecule is O=C(Nc1ccnnc1)C1=Cc2ccc(-c3ccnc(Nc4ccc5cn[nH]c5c4)n3)cc2C1. The van der Waals surface area contributed by atoms with E-state index in [0.717, 1.165) is 39.0 Å². The van der Waals surface area contributed by atoms with Gasteiger partial charge in [-0.1, -0.05) is 12.1 Å². The van der Waals surface area contributed by atoms with Gasteiger partial charge in [0.2, 0.25) is 5.95 Å². The average molecular weight is 446 g/mol. The first-order valence-corrected chi connectivity index (χ1v) is 10.7. The molecule has 1 amide bonds. The fourth-order valence-corrected chi connectivity index (χ4v) is 3.95. The molecular weight excluding hydrogens is 428 g/mol. The largest absolute Gasteiger partial charge is 0.324 e. The Kier molecular flexibility index (Phi) is 4.77. The van der Waals surface area contributed by atoms with Crippen molar-refractivity contribution in [3.63, 3.8) is 0 Å². The highest BCUT2D eigenvalue weighted by Gasteiger charge is 2.19. The maximum atomic E-state index is 12.7. The summed E-state index contributed by atoms with van der Waals surface area (Å²) < 4.78 is 0. The van der Waals surface area contributed by atoms with E-state index in [0.29, 0.717) is 23.6 Å². The normalized spacial score (nSPS) is 12.3. The highest BCUT2D eigenvalue weighted by Crippen LogP contribution is 2.30. The number of anilines is 3. The van der Waals surface area contributed by atoms with Gasteiger partial charge in [-0.15, -0.1) is 0 Å². The highest BCUT2D eigenvalue weighted by molar-refractivity contribution is 6.08. The zero-order chi connectivity index (χ0) is 22.9. The number of nitrogens with zero attached hydrogens (tertiary/aromatic N) is 5. The van der Waals surface area contributed by atoms with Crippen LogP contribution in [0.2, 0.25) is 0 Å². The molecule has 1 aliphatic rings. The van der Waals surface area contributed by atoms with E-state index in [2.05, 4.69) is 47.1 Å². The Morgan fingerprint density at radius 2 is 1.91 bits per heavy atom. The summed E-state index contributed by atoms with van der Waals surface area (Å²) in [7, 11) is 0. The van der Waals surface area contributed by atoms with Crippen molar-refractivity contribution in [3.05, 3.63) is 90.0 Å².